The van der Waals surface area contributed by atoms with Crippen molar-refractivity contribution in [2.45, 2.75) is 13.0 Å². The van der Waals surface area contributed by atoms with Crippen molar-refractivity contribution >= 4 is 17.3 Å². The van der Waals surface area contributed by atoms with Crippen LogP contribution in [-0.2, 0) is 4.79 Å². The van der Waals surface area contributed by atoms with Crippen LogP contribution in [0.5, 0.6) is 0 Å². The van der Waals surface area contributed by atoms with Crippen molar-refractivity contribution in [3.63, 3.8) is 0 Å². The Kier molecular flexibility index (Phi) is 5.31. The number of nitrogens with zero attached hydrogens (tertiary/aromatic N) is 1. The summed E-state index contributed by atoms with van der Waals surface area (Å²) < 4.78 is 0. The Hall–Kier alpha value is -3.15. The van der Waals surface area contributed by atoms with Crippen LogP contribution in [0.1, 0.15) is 18.5 Å². The monoisotopic (exact) mass is 326 g/mol. The molecule has 2 N–H and O–H groups in total. The number of benzene rings is 2. The van der Waals surface area contributed by atoms with E-state index in [-0.39, 0.29) is 5.69 Å². The normalized spacial score (nSPS) is 12.9. The molecule has 0 aliphatic heterocycles. The molecular weight excluding hydrogens is 308 g/mol. The van der Waals surface area contributed by atoms with E-state index >= 15 is 0 Å². The molecule has 24 heavy (non-hydrogen) atoms. The van der Waals surface area contributed by atoms with Crippen molar-refractivity contribution in [1.82, 2.24) is 0 Å². The van der Waals surface area contributed by atoms with Crippen LogP contribution < -0.4 is 5.32 Å². The molecule has 0 bridgehead atoms. The van der Waals surface area contributed by atoms with Crippen molar-refractivity contribution in [2.75, 3.05) is 5.32 Å². The third kappa shape index (κ3) is 3.98. The molecule has 6 nitrogen and oxygen atoms in total. The molecule has 0 spiro atoms. The van der Waals surface area contributed by atoms with Gasteiger partial charge in [-0.05, 0) is 24.6 Å². The van der Waals surface area contributed by atoms with Crippen molar-refractivity contribution in [2.24, 2.45) is 5.92 Å². The summed E-state index contributed by atoms with van der Waals surface area (Å²) in [5, 5.41) is 23.8. The fourth-order valence-corrected chi connectivity index (χ4v) is 2.54. The minimum absolute atomic E-state index is 0.0850. The number of hydrogen-bond donors (Lipinski definition) is 2. The van der Waals surface area contributed by atoms with Crippen LogP contribution >= 0.6 is 0 Å². The number of nitro benzene ring substituents is 1. The van der Waals surface area contributed by atoms with E-state index in [4.69, 9.17) is 0 Å². The number of rotatable bonds is 7. The van der Waals surface area contributed by atoms with Gasteiger partial charge in [0.1, 0.15) is 5.92 Å². The third-order valence-electron chi connectivity index (χ3n) is 3.67. The first-order valence-electron chi connectivity index (χ1n) is 7.34. The summed E-state index contributed by atoms with van der Waals surface area (Å²) in [7, 11) is 0. The van der Waals surface area contributed by atoms with Gasteiger partial charge in [0.25, 0.3) is 5.69 Å². The summed E-state index contributed by atoms with van der Waals surface area (Å²) in [6.07, 6.45) is 0. The first-order valence-corrected chi connectivity index (χ1v) is 7.34. The van der Waals surface area contributed by atoms with Crippen molar-refractivity contribution in [3.8, 4) is 0 Å². The van der Waals surface area contributed by atoms with E-state index < -0.39 is 22.9 Å². The van der Waals surface area contributed by atoms with E-state index in [0.717, 1.165) is 5.69 Å². The highest BCUT2D eigenvalue weighted by Gasteiger charge is 2.31. The molecule has 124 valence electrons. The van der Waals surface area contributed by atoms with Gasteiger partial charge in [-0.2, -0.15) is 0 Å². The molecule has 0 aromatic heterocycles. The number of para-hydroxylation sites is 1. The molecule has 0 radical (unpaired) electrons. The fraction of sp³-hybridized carbons (Fsp3) is 0.167. The van der Waals surface area contributed by atoms with E-state index in [1.165, 1.54) is 12.1 Å². The molecule has 2 unspecified atom stereocenters. The Morgan fingerprint density at radius 1 is 1.21 bits per heavy atom. The second kappa shape index (κ2) is 7.41. The number of hydrogen-bond acceptors (Lipinski definition) is 4. The van der Waals surface area contributed by atoms with E-state index in [9.17, 15) is 20.0 Å². The zero-order chi connectivity index (χ0) is 17.7. The molecule has 0 heterocycles. The van der Waals surface area contributed by atoms with Crippen LogP contribution in [0.15, 0.2) is 66.7 Å². The maximum atomic E-state index is 11.7. The summed E-state index contributed by atoms with van der Waals surface area (Å²) in [6, 6.07) is 14.4. The number of carboxylic acids is 1. The predicted octanol–water partition coefficient (Wildman–Crippen LogP) is 4.02. The molecule has 0 amide bonds. The molecule has 2 atom stereocenters. The Morgan fingerprint density at radius 2 is 1.88 bits per heavy atom. The Bertz CT molecular complexity index is 745. The molecule has 6 heteroatoms. The van der Waals surface area contributed by atoms with Gasteiger partial charge in [-0.1, -0.05) is 42.5 Å². The van der Waals surface area contributed by atoms with Crippen LogP contribution in [0.25, 0.3) is 0 Å². The van der Waals surface area contributed by atoms with Gasteiger partial charge in [0.2, 0.25) is 0 Å². The molecule has 0 fully saturated rings. The summed E-state index contributed by atoms with van der Waals surface area (Å²) in [5.41, 5.74) is 1.62. The SMILES string of the molecule is C=C(C)C(C(=O)O)C(Nc1ccccc1)c1cccc([N+](=O)[O-])c1. The minimum atomic E-state index is -1.04. The lowest BCUT2D eigenvalue weighted by Gasteiger charge is -2.27. The van der Waals surface area contributed by atoms with Gasteiger partial charge >= 0.3 is 5.97 Å². The number of aliphatic carboxylic acids is 1. The lowest BCUT2D eigenvalue weighted by molar-refractivity contribution is -0.384. The molecule has 0 aliphatic carbocycles. The number of carbonyl (C=O) groups is 1. The first-order chi connectivity index (χ1) is 11.4. The largest absolute Gasteiger partial charge is 0.481 e. The Morgan fingerprint density at radius 3 is 2.42 bits per heavy atom. The quantitative estimate of drug-likeness (QED) is 0.455. The van der Waals surface area contributed by atoms with Crippen LogP contribution in [0.2, 0.25) is 0 Å². The smallest absolute Gasteiger partial charge is 0.313 e. The van der Waals surface area contributed by atoms with Gasteiger partial charge in [-0.15, -0.1) is 0 Å². The average molecular weight is 326 g/mol. The highest BCUT2D eigenvalue weighted by molar-refractivity contribution is 5.75. The van der Waals surface area contributed by atoms with E-state index in [0.29, 0.717) is 11.1 Å². The van der Waals surface area contributed by atoms with Crippen molar-refractivity contribution in [3.05, 3.63) is 82.4 Å². The second-order valence-electron chi connectivity index (χ2n) is 5.50. The van der Waals surface area contributed by atoms with Crippen LogP contribution in [0.4, 0.5) is 11.4 Å². The van der Waals surface area contributed by atoms with Gasteiger partial charge in [0, 0.05) is 17.8 Å². The number of nitro groups is 1. The Balaban J connectivity index is 2.49. The highest BCUT2D eigenvalue weighted by Crippen LogP contribution is 2.32. The van der Waals surface area contributed by atoms with E-state index in [1.54, 1.807) is 19.1 Å². The number of nitrogens with one attached hydrogen (secondary N) is 1. The molecule has 0 aliphatic rings. The molecule has 2 rings (SSSR count). The third-order valence-corrected chi connectivity index (χ3v) is 3.67. The van der Waals surface area contributed by atoms with E-state index in [1.807, 2.05) is 30.3 Å². The Labute approximate surface area is 139 Å². The summed E-state index contributed by atoms with van der Waals surface area (Å²) in [6.45, 7) is 5.40. The summed E-state index contributed by atoms with van der Waals surface area (Å²) in [5.74, 6) is -1.96. The van der Waals surface area contributed by atoms with Gasteiger partial charge < -0.3 is 10.4 Å². The van der Waals surface area contributed by atoms with Gasteiger partial charge in [0.05, 0.1) is 11.0 Å². The minimum Gasteiger partial charge on any atom is -0.481 e. The van der Waals surface area contributed by atoms with Crippen molar-refractivity contribution in [1.29, 1.82) is 0 Å². The van der Waals surface area contributed by atoms with Gasteiger partial charge in [0.15, 0.2) is 0 Å². The summed E-state index contributed by atoms with van der Waals surface area (Å²) >= 11 is 0. The van der Waals surface area contributed by atoms with Crippen molar-refractivity contribution < 1.29 is 14.8 Å². The standard InChI is InChI=1S/C18H18N2O4/c1-12(2)16(18(21)22)17(19-14-8-4-3-5-9-14)13-7-6-10-15(11-13)20(23)24/h3-11,16-17,19H,1H2,2H3,(H,21,22). The second-order valence-corrected chi connectivity index (χ2v) is 5.50. The van der Waals surface area contributed by atoms with Crippen LogP contribution in [0, 0.1) is 16.0 Å². The number of non-ortho nitro benzene ring substituents is 1. The van der Waals surface area contributed by atoms with Crippen LogP contribution in [-0.4, -0.2) is 16.0 Å². The van der Waals surface area contributed by atoms with Crippen LogP contribution in [0.3, 0.4) is 0 Å². The van der Waals surface area contributed by atoms with Gasteiger partial charge in [-0.25, -0.2) is 0 Å². The van der Waals surface area contributed by atoms with Gasteiger partial charge in [-0.3, -0.25) is 14.9 Å². The number of carboxylic acid groups (broad SMARTS) is 1. The molecule has 0 saturated heterocycles. The topological polar surface area (TPSA) is 92.5 Å². The zero-order valence-corrected chi connectivity index (χ0v) is 13.2. The molecule has 0 saturated carbocycles. The van der Waals surface area contributed by atoms with E-state index in [2.05, 4.69) is 11.9 Å². The molecule has 2 aromatic rings. The first kappa shape index (κ1) is 17.2. The fourth-order valence-electron chi connectivity index (χ4n) is 2.54. The lowest BCUT2D eigenvalue weighted by atomic mass is 9.87. The molecule has 2 aromatic carbocycles. The maximum absolute atomic E-state index is 11.7. The predicted molar refractivity (Wildman–Crippen MR) is 91.8 cm³/mol. The lowest BCUT2D eigenvalue weighted by Crippen LogP contribution is -2.28. The summed E-state index contributed by atoms with van der Waals surface area (Å²) in [4.78, 5) is 22.3. The average Bonchev–Trinajstić information content (AvgIpc) is 2.54. The highest BCUT2D eigenvalue weighted by atomic mass is 16.6. The maximum Gasteiger partial charge on any atom is 0.313 e. The zero-order valence-electron chi connectivity index (χ0n) is 13.2. The molecular formula is C18H18N2O4. The number of anilines is 1.